The lowest BCUT2D eigenvalue weighted by Gasteiger charge is -2.45. The molecule has 9 heteroatoms. The fraction of sp³-hybridized carbons (Fsp3) is 0.359. The Bertz CT molecular complexity index is 1610. The summed E-state index contributed by atoms with van der Waals surface area (Å²) in [7, 11) is 0. The maximum absolute atomic E-state index is 12.4. The molecule has 0 bridgehead atoms. The summed E-state index contributed by atoms with van der Waals surface area (Å²) in [5.74, 6) is 0.0520. The van der Waals surface area contributed by atoms with Crippen LogP contribution in [0.3, 0.4) is 0 Å². The van der Waals surface area contributed by atoms with E-state index in [1.807, 2.05) is 103 Å². The first-order chi connectivity index (χ1) is 23.3. The van der Waals surface area contributed by atoms with E-state index in [1.54, 1.807) is 0 Å². The van der Waals surface area contributed by atoms with Gasteiger partial charge in [-0.1, -0.05) is 110 Å². The maximum Gasteiger partial charge on any atom is 0.315 e. The zero-order chi connectivity index (χ0) is 33.5. The van der Waals surface area contributed by atoms with E-state index in [2.05, 4.69) is 22.5 Å². The number of benzene rings is 4. The molecule has 2 aliphatic rings. The standard InChI is InChI=1S/C39H44ClN3O5/c1-27-35(25-43-21-19-39(46,20-22-43)33-15-17-34(40)18-16-33)47-37(48-36(27)31-11-9-30(26-44)10-12-31)32-13-7-29(8-14-32)24-42-38(45)41-23-28-5-3-2-4-6-28/h2-18,27,35-37,44,46H,19-26H2,1H3,(H2,41,42,45)/t27-,35+,36+,37+/m0/s1. The summed E-state index contributed by atoms with van der Waals surface area (Å²) in [6.45, 7) is 5.21. The molecule has 2 amide bonds. The second-order valence-corrected chi connectivity index (χ2v) is 13.4. The summed E-state index contributed by atoms with van der Waals surface area (Å²) in [5, 5.41) is 27.5. The molecule has 2 aliphatic heterocycles. The van der Waals surface area contributed by atoms with Gasteiger partial charge in [-0.15, -0.1) is 0 Å². The number of nitrogens with zero attached hydrogens (tertiary/aromatic N) is 1. The number of amides is 2. The predicted octanol–water partition coefficient (Wildman–Crippen LogP) is 6.61. The van der Waals surface area contributed by atoms with Crippen molar-refractivity contribution in [3.05, 3.63) is 142 Å². The SMILES string of the molecule is C[C@H]1[C@@H](CN2CCC(O)(c3ccc(Cl)cc3)CC2)O[C@@H](c2ccc(CNC(=O)NCc3ccccc3)cc2)O[C@H]1c1ccc(CO)cc1. The molecule has 0 aromatic heterocycles. The van der Waals surface area contributed by atoms with Crippen LogP contribution in [0.4, 0.5) is 4.79 Å². The molecule has 0 unspecified atom stereocenters. The van der Waals surface area contributed by atoms with Crippen molar-refractivity contribution >= 4 is 17.6 Å². The third-order valence-corrected chi connectivity index (χ3v) is 9.88. The monoisotopic (exact) mass is 669 g/mol. The third-order valence-electron chi connectivity index (χ3n) is 9.63. The summed E-state index contributed by atoms with van der Waals surface area (Å²) in [6, 6.07) is 33.0. The molecule has 4 aromatic rings. The number of carbonyl (C=O) groups excluding carboxylic acids is 1. The zero-order valence-corrected chi connectivity index (χ0v) is 28.0. The van der Waals surface area contributed by atoms with Gasteiger partial charge in [-0.2, -0.15) is 0 Å². The van der Waals surface area contributed by atoms with Crippen LogP contribution in [0.2, 0.25) is 5.02 Å². The normalized spacial score (nSPS) is 22.6. The first kappa shape index (κ1) is 34.1. The van der Waals surface area contributed by atoms with Gasteiger partial charge in [-0.25, -0.2) is 4.79 Å². The number of hydrogen-bond donors (Lipinski definition) is 4. The highest BCUT2D eigenvalue weighted by Crippen LogP contribution is 2.42. The minimum atomic E-state index is -0.873. The van der Waals surface area contributed by atoms with Gasteiger partial charge in [-0.05, 0) is 52.8 Å². The fourth-order valence-corrected chi connectivity index (χ4v) is 6.68. The van der Waals surface area contributed by atoms with E-state index in [0.29, 0.717) is 37.5 Å². The smallest absolute Gasteiger partial charge is 0.315 e. The fourth-order valence-electron chi connectivity index (χ4n) is 6.55. The average molecular weight is 670 g/mol. The summed E-state index contributed by atoms with van der Waals surface area (Å²) < 4.78 is 13.3. The van der Waals surface area contributed by atoms with E-state index >= 15 is 0 Å². The molecule has 252 valence electrons. The van der Waals surface area contributed by atoms with Crippen molar-refractivity contribution in [2.75, 3.05) is 19.6 Å². The zero-order valence-electron chi connectivity index (χ0n) is 27.2. The molecule has 0 spiro atoms. The van der Waals surface area contributed by atoms with E-state index < -0.39 is 11.9 Å². The number of nitrogens with one attached hydrogen (secondary N) is 2. The van der Waals surface area contributed by atoms with E-state index in [4.69, 9.17) is 21.1 Å². The van der Waals surface area contributed by atoms with Gasteiger partial charge in [0.25, 0.3) is 0 Å². The van der Waals surface area contributed by atoms with Gasteiger partial charge in [0.2, 0.25) is 0 Å². The molecule has 4 atom stereocenters. The number of ether oxygens (including phenoxy) is 2. The van der Waals surface area contributed by atoms with Crippen molar-refractivity contribution in [3.8, 4) is 0 Å². The number of aliphatic hydroxyl groups excluding tert-OH is 1. The molecular weight excluding hydrogens is 626 g/mol. The van der Waals surface area contributed by atoms with Crippen LogP contribution in [-0.2, 0) is 34.8 Å². The molecule has 2 saturated heterocycles. The van der Waals surface area contributed by atoms with Crippen LogP contribution in [0.15, 0.2) is 103 Å². The summed E-state index contributed by atoms with van der Waals surface area (Å²) >= 11 is 6.09. The topological polar surface area (TPSA) is 103 Å². The Morgan fingerprint density at radius 3 is 2.02 bits per heavy atom. The molecule has 0 saturated carbocycles. The highest BCUT2D eigenvalue weighted by atomic mass is 35.5. The van der Waals surface area contributed by atoms with Crippen LogP contribution >= 0.6 is 11.6 Å². The number of carbonyl (C=O) groups is 1. The van der Waals surface area contributed by atoms with E-state index in [1.165, 1.54) is 0 Å². The van der Waals surface area contributed by atoms with Crippen molar-refractivity contribution in [2.45, 2.75) is 63.6 Å². The van der Waals surface area contributed by atoms with Crippen LogP contribution in [0.25, 0.3) is 0 Å². The first-order valence-corrected chi connectivity index (χ1v) is 17.0. The number of aliphatic hydroxyl groups is 2. The van der Waals surface area contributed by atoms with Gasteiger partial charge in [0.15, 0.2) is 6.29 Å². The van der Waals surface area contributed by atoms with Crippen molar-refractivity contribution in [2.24, 2.45) is 5.92 Å². The molecule has 0 aliphatic carbocycles. The molecule has 6 rings (SSSR count). The number of piperidine rings is 1. The molecule has 8 nitrogen and oxygen atoms in total. The van der Waals surface area contributed by atoms with Crippen LogP contribution in [0, 0.1) is 5.92 Å². The molecule has 2 heterocycles. The highest BCUT2D eigenvalue weighted by Gasteiger charge is 2.41. The van der Waals surface area contributed by atoms with Crippen molar-refractivity contribution < 1.29 is 24.5 Å². The average Bonchev–Trinajstić information content (AvgIpc) is 3.12. The van der Waals surface area contributed by atoms with Gasteiger partial charge in [0, 0.05) is 49.2 Å². The lowest BCUT2D eigenvalue weighted by atomic mass is 9.84. The van der Waals surface area contributed by atoms with Crippen LogP contribution in [0.5, 0.6) is 0 Å². The Morgan fingerprint density at radius 1 is 0.812 bits per heavy atom. The van der Waals surface area contributed by atoms with Crippen molar-refractivity contribution in [3.63, 3.8) is 0 Å². The largest absolute Gasteiger partial charge is 0.392 e. The highest BCUT2D eigenvalue weighted by molar-refractivity contribution is 6.30. The van der Waals surface area contributed by atoms with Crippen molar-refractivity contribution in [1.82, 2.24) is 15.5 Å². The quantitative estimate of drug-likeness (QED) is 0.152. The van der Waals surface area contributed by atoms with Crippen LogP contribution in [0.1, 0.15) is 65.5 Å². The Hall–Kier alpha value is -3.76. The Labute approximate surface area is 287 Å². The first-order valence-electron chi connectivity index (χ1n) is 16.7. The number of rotatable bonds is 10. The summed E-state index contributed by atoms with van der Waals surface area (Å²) in [5.41, 5.74) is 4.83. The minimum absolute atomic E-state index is 0.0110. The molecule has 4 N–H and O–H groups in total. The number of likely N-dealkylation sites (tertiary alicyclic amines) is 1. The second kappa shape index (κ2) is 15.6. The van der Waals surface area contributed by atoms with E-state index in [0.717, 1.165) is 46.5 Å². The van der Waals surface area contributed by atoms with Crippen molar-refractivity contribution in [1.29, 1.82) is 0 Å². The summed E-state index contributed by atoms with van der Waals surface area (Å²) in [6.07, 6.45) is 0.332. The van der Waals surface area contributed by atoms with Gasteiger partial charge >= 0.3 is 6.03 Å². The van der Waals surface area contributed by atoms with Crippen LogP contribution in [-0.4, -0.2) is 46.9 Å². The predicted molar refractivity (Wildman–Crippen MR) is 186 cm³/mol. The van der Waals surface area contributed by atoms with Gasteiger partial charge in [-0.3, -0.25) is 0 Å². The Balaban J connectivity index is 1.11. The van der Waals surface area contributed by atoms with E-state index in [9.17, 15) is 15.0 Å². The third kappa shape index (κ3) is 8.44. The van der Waals surface area contributed by atoms with Crippen LogP contribution < -0.4 is 10.6 Å². The Morgan fingerprint density at radius 2 is 1.40 bits per heavy atom. The summed E-state index contributed by atoms with van der Waals surface area (Å²) in [4.78, 5) is 14.7. The lowest BCUT2D eigenvalue weighted by molar-refractivity contribution is -0.277. The van der Waals surface area contributed by atoms with E-state index in [-0.39, 0.29) is 30.8 Å². The molecule has 2 fully saturated rings. The lowest BCUT2D eigenvalue weighted by Crippen LogP contribution is -2.49. The number of halogens is 1. The molecule has 48 heavy (non-hydrogen) atoms. The minimum Gasteiger partial charge on any atom is -0.392 e. The maximum atomic E-state index is 12.4. The van der Waals surface area contributed by atoms with Gasteiger partial charge < -0.3 is 35.2 Å². The number of urea groups is 1. The second-order valence-electron chi connectivity index (χ2n) is 12.9. The van der Waals surface area contributed by atoms with Gasteiger partial charge in [0.05, 0.1) is 24.4 Å². The number of hydrogen-bond acceptors (Lipinski definition) is 6. The van der Waals surface area contributed by atoms with Gasteiger partial charge in [0.1, 0.15) is 0 Å². The molecular formula is C39H44ClN3O5. The Kier molecular flexibility index (Phi) is 11.1. The molecule has 4 aromatic carbocycles. The molecule has 0 radical (unpaired) electrons.